The normalized spacial score (nSPS) is 11.0. The zero-order chi connectivity index (χ0) is 25.8. The molecule has 0 aliphatic rings. The Balaban J connectivity index is 1.65. The second-order valence-electron chi connectivity index (χ2n) is 8.26. The van der Waals surface area contributed by atoms with Crippen LogP contribution in [0.15, 0.2) is 71.9 Å². The quantitative estimate of drug-likeness (QED) is 0.259. The molecule has 0 aliphatic carbocycles. The molecule has 36 heavy (non-hydrogen) atoms. The van der Waals surface area contributed by atoms with Crippen LogP contribution in [0.4, 0.5) is 5.69 Å². The van der Waals surface area contributed by atoms with Gasteiger partial charge in [-0.2, -0.15) is 0 Å². The molecule has 2 amide bonds. The third-order valence-corrected chi connectivity index (χ3v) is 6.87. The molecule has 3 aromatic carbocycles. The molecule has 1 aromatic heterocycles. The first-order chi connectivity index (χ1) is 17.2. The van der Waals surface area contributed by atoms with Gasteiger partial charge in [0.25, 0.3) is 0 Å². The molecule has 0 saturated heterocycles. The zero-order valence-electron chi connectivity index (χ0n) is 19.5. The van der Waals surface area contributed by atoms with E-state index in [9.17, 15) is 9.59 Å². The van der Waals surface area contributed by atoms with E-state index in [0.717, 1.165) is 11.3 Å². The zero-order valence-corrected chi connectivity index (χ0v) is 21.9. The van der Waals surface area contributed by atoms with Gasteiger partial charge in [-0.25, -0.2) is 0 Å². The molecule has 0 atom stereocenters. The topological polar surface area (TPSA) is 103 Å². The lowest BCUT2D eigenvalue weighted by Crippen LogP contribution is -2.15. The van der Waals surface area contributed by atoms with Gasteiger partial charge in [-0.05, 0) is 60.0 Å². The van der Waals surface area contributed by atoms with Crippen molar-refractivity contribution in [3.63, 3.8) is 0 Å². The molecule has 4 rings (SSSR count). The minimum absolute atomic E-state index is 0.0912. The Morgan fingerprint density at radius 2 is 1.75 bits per heavy atom. The maximum Gasteiger partial charge on any atom is 0.248 e. The van der Waals surface area contributed by atoms with E-state index < -0.39 is 5.91 Å². The third-order valence-electron chi connectivity index (χ3n) is 5.39. The van der Waals surface area contributed by atoms with Crippen LogP contribution in [0.3, 0.4) is 0 Å². The molecule has 0 saturated carbocycles. The first-order valence-electron chi connectivity index (χ1n) is 11.1. The monoisotopic (exact) mass is 539 g/mol. The summed E-state index contributed by atoms with van der Waals surface area (Å²) in [5.74, 6) is 0.121. The molecule has 184 valence electrons. The highest BCUT2D eigenvalue weighted by molar-refractivity contribution is 7.99. The van der Waals surface area contributed by atoms with Gasteiger partial charge < -0.3 is 11.1 Å². The number of hydrogen-bond donors (Lipinski definition) is 2. The summed E-state index contributed by atoms with van der Waals surface area (Å²) in [7, 11) is 0. The minimum atomic E-state index is -0.527. The van der Waals surface area contributed by atoms with Crippen LogP contribution in [0.2, 0.25) is 10.0 Å². The van der Waals surface area contributed by atoms with Crippen molar-refractivity contribution in [1.82, 2.24) is 14.8 Å². The van der Waals surface area contributed by atoms with Crippen LogP contribution >= 0.6 is 35.0 Å². The predicted molar refractivity (Wildman–Crippen MR) is 145 cm³/mol. The van der Waals surface area contributed by atoms with E-state index in [0.29, 0.717) is 37.8 Å². The Kier molecular flexibility index (Phi) is 7.98. The molecular formula is C26H23Cl2N5O2S. The number of amides is 2. The fourth-order valence-corrected chi connectivity index (χ4v) is 4.89. The van der Waals surface area contributed by atoms with Crippen molar-refractivity contribution in [1.29, 1.82) is 0 Å². The Morgan fingerprint density at radius 3 is 2.42 bits per heavy atom. The molecule has 0 fully saturated rings. The van der Waals surface area contributed by atoms with Crippen molar-refractivity contribution < 1.29 is 9.59 Å². The van der Waals surface area contributed by atoms with E-state index in [1.54, 1.807) is 42.5 Å². The number of thioether (sulfide) groups is 1. The summed E-state index contributed by atoms with van der Waals surface area (Å²) in [5, 5.41) is 13.2. The Morgan fingerprint density at radius 1 is 1.03 bits per heavy atom. The summed E-state index contributed by atoms with van der Waals surface area (Å²) >= 11 is 13.9. The van der Waals surface area contributed by atoms with Crippen LogP contribution in [0, 0.1) is 0 Å². The van der Waals surface area contributed by atoms with E-state index >= 15 is 0 Å². The maximum absolute atomic E-state index is 12.7. The number of carbonyl (C=O) groups is 2. The van der Waals surface area contributed by atoms with Crippen LogP contribution in [0.1, 0.15) is 35.7 Å². The van der Waals surface area contributed by atoms with Crippen LogP contribution < -0.4 is 11.1 Å². The van der Waals surface area contributed by atoms with E-state index in [2.05, 4.69) is 35.4 Å². The number of para-hydroxylation sites is 1. The first-order valence-corrected chi connectivity index (χ1v) is 12.8. The van der Waals surface area contributed by atoms with Crippen LogP contribution in [0.5, 0.6) is 0 Å². The van der Waals surface area contributed by atoms with Gasteiger partial charge in [0.15, 0.2) is 11.0 Å². The Bertz CT molecular complexity index is 1420. The third kappa shape index (κ3) is 5.73. The number of nitrogens with zero attached hydrogens (tertiary/aromatic N) is 3. The predicted octanol–water partition coefficient (Wildman–Crippen LogP) is 6.19. The summed E-state index contributed by atoms with van der Waals surface area (Å²) in [6.07, 6.45) is 0. The highest BCUT2D eigenvalue weighted by Gasteiger charge is 2.21. The Labute approximate surface area is 223 Å². The fourth-order valence-electron chi connectivity index (χ4n) is 3.65. The molecule has 0 aliphatic heterocycles. The Hall–Kier alpha value is -3.33. The second-order valence-corrected chi connectivity index (χ2v) is 10.0. The van der Waals surface area contributed by atoms with Crippen molar-refractivity contribution >= 4 is 52.5 Å². The van der Waals surface area contributed by atoms with Gasteiger partial charge in [-0.15, -0.1) is 10.2 Å². The van der Waals surface area contributed by atoms with Crippen molar-refractivity contribution in [3.8, 4) is 17.1 Å². The van der Waals surface area contributed by atoms with Crippen LogP contribution in [-0.2, 0) is 4.79 Å². The largest absolute Gasteiger partial charge is 0.366 e. The van der Waals surface area contributed by atoms with Crippen molar-refractivity contribution in [2.45, 2.75) is 24.9 Å². The molecule has 1 heterocycles. The number of nitrogens with two attached hydrogens (primary N) is 1. The van der Waals surface area contributed by atoms with Gasteiger partial charge in [0.2, 0.25) is 11.8 Å². The number of carbonyl (C=O) groups excluding carboxylic acids is 2. The summed E-state index contributed by atoms with van der Waals surface area (Å²) < 4.78 is 1.92. The average Bonchev–Trinajstić information content (AvgIpc) is 3.26. The summed E-state index contributed by atoms with van der Waals surface area (Å²) in [6.45, 7) is 4.23. The lowest BCUT2D eigenvalue weighted by atomic mass is 10.0. The summed E-state index contributed by atoms with van der Waals surface area (Å²) in [6, 6.07) is 19.6. The van der Waals surface area contributed by atoms with Crippen molar-refractivity contribution in [2.75, 3.05) is 11.1 Å². The molecular weight excluding hydrogens is 517 g/mol. The molecule has 0 bridgehead atoms. The summed E-state index contributed by atoms with van der Waals surface area (Å²) in [4.78, 5) is 23.9. The molecule has 0 radical (unpaired) electrons. The van der Waals surface area contributed by atoms with E-state index in [1.807, 2.05) is 22.8 Å². The highest BCUT2D eigenvalue weighted by atomic mass is 35.5. The minimum Gasteiger partial charge on any atom is -0.366 e. The van der Waals surface area contributed by atoms with Gasteiger partial charge in [-0.1, -0.05) is 67.0 Å². The number of halogens is 2. The van der Waals surface area contributed by atoms with Crippen LogP contribution in [-0.4, -0.2) is 32.3 Å². The van der Waals surface area contributed by atoms with Crippen molar-refractivity contribution in [2.24, 2.45) is 5.73 Å². The van der Waals surface area contributed by atoms with Gasteiger partial charge in [0.1, 0.15) is 0 Å². The number of nitrogens with one attached hydrogen (secondary N) is 1. The summed E-state index contributed by atoms with van der Waals surface area (Å²) in [5.41, 5.74) is 8.88. The number of primary amides is 1. The molecule has 0 spiro atoms. The van der Waals surface area contributed by atoms with E-state index in [1.165, 1.54) is 11.8 Å². The second kappa shape index (κ2) is 11.2. The number of benzene rings is 3. The average molecular weight is 540 g/mol. The van der Waals surface area contributed by atoms with E-state index in [4.69, 9.17) is 28.9 Å². The number of rotatable bonds is 8. The lowest BCUT2D eigenvalue weighted by molar-refractivity contribution is -0.113. The molecule has 0 unspecified atom stereocenters. The number of hydrogen-bond acceptors (Lipinski definition) is 5. The SMILES string of the molecule is CC(C)c1ccccc1-n1c(SCC(=O)Nc2ccc(C(N)=O)cc2)nnc1-c1ccc(Cl)cc1Cl. The first kappa shape index (κ1) is 25.8. The van der Waals surface area contributed by atoms with Crippen LogP contribution in [0.25, 0.3) is 17.1 Å². The molecule has 3 N–H and O–H groups in total. The number of anilines is 1. The molecule has 4 aromatic rings. The van der Waals surface area contributed by atoms with Gasteiger partial charge in [-0.3, -0.25) is 14.2 Å². The van der Waals surface area contributed by atoms with Crippen molar-refractivity contribution in [3.05, 3.63) is 87.9 Å². The maximum atomic E-state index is 12.7. The van der Waals surface area contributed by atoms with E-state index in [-0.39, 0.29) is 17.6 Å². The fraction of sp³-hybridized carbons (Fsp3) is 0.154. The lowest BCUT2D eigenvalue weighted by Gasteiger charge is -2.17. The molecule has 10 heteroatoms. The smallest absolute Gasteiger partial charge is 0.248 e. The standard InChI is InChI=1S/C26H23Cl2N5O2S/c1-15(2)19-5-3-4-6-22(19)33-25(20-12-9-17(27)13-21(20)28)31-32-26(33)36-14-23(34)30-18-10-7-16(8-11-18)24(29)35/h3-13,15H,14H2,1-2H3,(H2,29,35)(H,30,34). The van der Waals surface area contributed by atoms with Gasteiger partial charge >= 0.3 is 0 Å². The highest BCUT2D eigenvalue weighted by Crippen LogP contribution is 2.35. The van der Waals surface area contributed by atoms with Gasteiger partial charge in [0, 0.05) is 21.8 Å². The van der Waals surface area contributed by atoms with Gasteiger partial charge in [0.05, 0.1) is 16.5 Å². The molecule has 7 nitrogen and oxygen atoms in total. The number of aromatic nitrogens is 3.